The second kappa shape index (κ2) is 15.1. The number of anilines is 4. The maximum absolute atomic E-state index is 5.02. The summed E-state index contributed by atoms with van der Waals surface area (Å²) >= 11 is 0. The number of nitrogens with one attached hydrogen (secondary N) is 6. The van der Waals surface area contributed by atoms with E-state index in [2.05, 4.69) is 100 Å². The predicted molar refractivity (Wildman–Crippen MR) is 254 cm³/mol. The van der Waals surface area contributed by atoms with Gasteiger partial charge in [-0.3, -0.25) is 15.1 Å². The van der Waals surface area contributed by atoms with Crippen LogP contribution in [-0.2, 0) is 27.1 Å². The van der Waals surface area contributed by atoms with Gasteiger partial charge in [0.1, 0.15) is 11.6 Å². The van der Waals surface area contributed by atoms with Gasteiger partial charge in [-0.05, 0) is 78.5 Å². The number of nitrogens with zero attached hydrogens (tertiary/aromatic N) is 11. The molecule has 0 spiro atoms. The maximum Gasteiger partial charge on any atom is 0.225 e. The lowest BCUT2D eigenvalue weighted by Gasteiger charge is -2.23. The average molecular weight is 874 g/mol. The van der Waals surface area contributed by atoms with Gasteiger partial charge in [0, 0.05) is 90.4 Å². The Hall–Kier alpha value is -7.92. The van der Waals surface area contributed by atoms with E-state index in [0.29, 0.717) is 29.5 Å². The van der Waals surface area contributed by atoms with Crippen molar-refractivity contribution in [2.45, 2.75) is 56.9 Å². The Balaban J connectivity index is 0.789. The normalized spacial score (nSPS) is 17.2. The average Bonchev–Trinajstić information content (AvgIpc) is 3.76. The molecule has 17 heteroatoms. The first-order valence-corrected chi connectivity index (χ1v) is 22.8. The summed E-state index contributed by atoms with van der Waals surface area (Å²) < 4.78 is 3.63. The van der Waals surface area contributed by atoms with Gasteiger partial charge in [-0.1, -0.05) is 55.5 Å². The van der Waals surface area contributed by atoms with E-state index < -0.39 is 0 Å². The van der Waals surface area contributed by atoms with Crippen LogP contribution >= 0.6 is 0 Å². The van der Waals surface area contributed by atoms with E-state index in [1.807, 2.05) is 66.3 Å². The first kappa shape index (κ1) is 38.5. The molecule has 2 unspecified atom stereocenters. The Labute approximate surface area is 378 Å². The molecule has 0 saturated heterocycles. The molecule has 0 radical (unpaired) electrons. The van der Waals surface area contributed by atoms with Gasteiger partial charge in [-0.2, -0.15) is 20.2 Å². The zero-order valence-electron chi connectivity index (χ0n) is 36.8. The molecule has 2 fully saturated rings. The van der Waals surface area contributed by atoms with Crippen LogP contribution in [-0.4, -0.2) is 87.8 Å². The van der Waals surface area contributed by atoms with Gasteiger partial charge in [0.05, 0.1) is 34.8 Å². The molecule has 3 aliphatic rings. The summed E-state index contributed by atoms with van der Waals surface area (Å²) in [5.74, 6) is 5.26. The highest BCUT2D eigenvalue weighted by Crippen LogP contribution is 2.60. The first-order valence-electron chi connectivity index (χ1n) is 22.8. The number of aromatic amines is 4. The first-order chi connectivity index (χ1) is 32.4. The zero-order valence-corrected chi connectivity index (χ0v) is 36.8. The molecule has 6 N–H and O–H groups in total. The predicted octanol–water partition coefficient (Wildman–Crippen LogP) is 8.82. The molecule has 13 rings (SSSR count). The summed E-state index contributed by atoms with van der Waals surface area (Å²) in [6.45, 7) is 5.21. The molecular formula is C49H47N17. The Kier molecular flexibility index (Phi) is 8.81. The number of rotatable bonds is 12. The number of aromatic nitrogens is 14. The van der Waals surface area contributed by atoms with Crippen molar-refractivity contribution in [1.29, 1.82) is 0 Å². The minimum Gasteiger partial charge on any atom is -0.345 e. The molecule has 2 aliphatic carbocycles. The fourth-order valence-electron chi connectivity index (χ4n) is 9.98. The van der Waals surface area contributed by atoms with Crippen LogP contribution < -0.4 is 10.6 Å². The highest BCUT2D eigenvalue weighted by molar-refractivity contribution is 5.94. The number of H-pyrrole nitrogens is 4. The summed E-state index contributed by atoms with van der Waals surface area (Å²) in [4.78, 5) is 28.5. The Morgan fingerprint density at radius 2 is 1.39 bits per heavy atom. The lowest BCUT2D eigenvalue weighted by atomic mass is 9.94. The molecule has 1 aliphatic heterocycles. The Bertz CT molecular complexity index is 3420. The molecule has 0 bridgehead atoms. The summed E-state index contributed by atoms with van der Waals surface area (Å²) in [7, 11) is 3.86. The highest BCUT2D eigenvalue weighted by atomic mass is 15.4. The largest absolute Gasteiger partial charge is 0.345 e. The van der Waals surface area contributed by atoms with Crippen molar-refractivity contribution in [3.05, 3.63) is 120 Å². The molecule has 6 aromatic heterocycles. The molecular weight excluding hydrogens is 827 g/mol. The topological polar surface area (TPSA) is 203 Å². The van der Waals surface area contributed by atoms with E-state index in [1.54, 1.807) is 6.20 Å². The summed E-state index contributed by atoms with van der Waals surface area (Å²) in [5.41, 5.74) is 14.1. The maximum atomic E-state index is 5.02. The quantitative estimate of drug-likeness (QED) is 0.0685. The van der Waals surface area contributed by atoms with Crippen LogP contribution in [0.3, 0.4) is 0 Å². The monoisotopic (exact) mass is 873 g/mol. The van der Waals surface area contributed by atoms with Crippen LogP contribution in [0.25, 0.3) is 67.4 Å². The van der Waals surface area contributed by atoms with E-state index in [1.165, 1.54) is 28.1 Å². The van der Waals surface area contributed by atoms with E-state index >= 15 is 0 Å². The number of hydrogen-bond acceptors (Lipinski definition) is 11. The fraction of sp³-hybridized carbons (Fsp3) is 0.265. The van der Waals surface area contributed by atoms with Gasteiger partial charge < -0.3 is 20.6 Å². The van der Waals surface area contributed by atoms with Crippen LogP contribution in [0.2, 0.25) is 0 Å². The second-order valence-corrected chi connectivity index (χ2v) is 17.9. The van der Waals surface area contributed by atoms with Crippen molar-refractivity contribution >= 4 is 45.1 Å². The third kappa shape index (κ3) is 6.64. The lowest BCUT2D eigenvalue weighted by molar-refractivity contribution is 0.264. The van der Waals surface area contributed by atoms with Gasteiger partial charge in [0.2, 0.25) is 11.9 Å². The Morgan fingerprint density at radius 1 is 0.712 bits per heavy atom. The minimum atomic E-state index is 0.211. The summed E-state index contributed by atoms with van der Waals surface area (Å²) in [6.07, 6.45) is 11.7. The number of hydrogen-bond donors (Lipinski definition) is 6. The molecule has 66 heavy (non-hydrogen) atoms. The molecule has 2 atom stereocenters. The van der Waals surface area contributed by atoms with Crippen LogP contribution in [0.15, 0.2) is 91.5 Å². The molecule has 0 amide bonds. The molecule has 2 saturated carbocycles. The third-order valence-corrected chi connectivity index (χ3v) is 13.7. The van der Waals surface area contributed by atoms with Crippen molar-refractivity contribution in [2.75, 3.05) is 23.7 Å². The number of imidazole rings is 2. The summed E-state index contributed by atoms with van der Waals surface area (Å²) in [5, 5.41) is 35.1. The summed E-state index contributed by atoms with van der Waals surface area (Å²) in [6, 6.07) is 23.0. The van der Waals surface area contributed by atoms with Gasteiger partial charge in [0.25, 0.3) is 0 Å². The minimum absolute atomic E-state index is 0.211. The molecule has 328 valence electrons. The Morgan fingerprint density at radius 3 is 2.09 bits per heavy atom. The van der Waals surface area contributed by atoms with E-state index in [4.69, 9.17) is 25.1 Å². The molecule has 17 nitrogen and oxygen atoms in total. The number of aryl methyl sites for hydroxylation is 2. The van der Waals surface area contributed by atoms with Gasteiger partial charge in [-0.25, -0.2) is 19.3 Å². The molecule has 4 aromatic carbocycles. The van der Waals surface area contributed by atoms with Crippen molar-refractivity contribution in [3.63, 3.8) is 0 Å². The molecule has 10 aromatic rings. The van der Waals surface area contributed by atoms with Crippen molar-refractivity contribution in [2.24, 2.45) is 14.1 Å². The number of fused-ring (bicyclic) bond motifs is 3. The third-order valence-electron chi connectivity index (χ3n) is 13.7. The van der Waals surface area contributed by atoms with Crippen LogP contribution in [0.1, 0.15) is 72.0 Å². The smallest absolute Gasteiger partial charge is 0.225 e. The van der Waals surface area contributed by atoms with E-state index in [-0.39, 0.29) is 11.8 Å². The van der Waals surface area contributed by atoms with Gasteiger partial charge in [-0.15, -0.1) is 10.2 Å². The zero-order chi connectivity index (χ0) is 44.0. The van der Waals surface area contributed by atoms with Crippen LogP contribution in [0.4, 0.5) is 23.3 Å². The van der Waals surface area contributed by atoms with Gasteiger partial charge >= 0.3 is 0 Å². The lowest BCUT2D eigenvalue weighted by Crippen LogP contribution is -2.30. The van der Waals surface area contributed by atoms with E-state index in [9.17, 15) is 0 Å². The number of benzene rings is 4. The van der Waals surface area contributed by atoms with E-state index in [0.717, 1.165) is 112 Å². The van der Waals surface area contributed by atoms with Gasteiger partial charge in [0.15, 0.2) is 11.6 Å². The molecule has 7 heterocycles. The highest BCUT2D eigenvalue weighted by Gasteiger charge is 2.44. The SMILES string of the molecule is CCN1CCc2nc(-c3ccc(-c4nc(Nc5ccc6[nH]ncc6c5C5CC5c5cc(Nc6nc(-c7ccc(-c8ncc[nH]8)cc7)nn6C)c(C6CC6)c6cn[nH]c56)n(C)n4)cc3)[nH]c2C1. The van der Waals surface area contributed by atoms with Crippen molar-refractivity contribution in [3.8, 4) is 45.6 Å². The van der Waals surface area contributed by atoms with Crippen molar-refractivity contribution < 1.29 is 0 Å². The second-order valence-electron chi connectivity index (χ2n) is 17.9. The fourth-order valence-corrected chi connectivity index (χ4v) is 9.98. The number of likely N-dealkylation sites (N-methyl/N-ethyl adjacent to an activating group) is 1. The van der Waals surface area contributed by atoms with Crippen molar-refractivity contribution in [1.82, 2.24) is 74.8 Å². The van der Waals surface area contributed by atoms with Crippen LogP contribution in [0, 0.1) is 0 Å². The van der Waals surface area contributed by atoms with Crippen LogP contribution in [0.5, 0.6) is 0 Å². The standard InChI is InChI=1S/C49H47N17/c1-4-66-20-17-37-40(25-66)55-45(54-37)28-9-13-30(14-10-28)46-58-48(64(2)62-46)56-38-16-15-36-34(23-52-60-36)42(38)32-21-31(32)33-22-39(41(26-5-6-26)35-24-53-61-43(33)35)57-49-59-47(63-65(49)3)29-11-7-27(8-12-29)44-50-18-19-51-44/h7-16,18-19,22-24,26,31-32H,4-6,17,20-21,25H2,1-3H3,(H,50,51)(H,52,60)(H,53,61)(H,54,55)(H,56,58,62)(H,57,59,63).